The first kappa shape index (κ1) is 87.7. The predicted octanol–water partition coefficient (Wildman–Crippen LogP) is 24.8. The van der Waals surface area contributed by atoms with Crippen molar-refractivity contribution in [3.63, 3.8) is 0 Å². The van der Waals surface area contributed by atoms with Gasteiger partial charge in [-0.1, -0.05) is 375 Å². The van der Waals surface area contributed by atoms with Crippen LogP contribution in [0.4, 0.5) is 0 Å². The number of phosphoric ester groups is 1. The van der Waals surface area contributed by atoms with E-state index >= 15 is 0 Å². The molecule has 0 heterocycles. The summed E-state index contributed by atoms with van der Waals surface area (Å²) < 4.78 is 23.5. The van der Waals surface area contributed by atoms with Crippen LogP contribution in [-0.2, 0) is 18.4 Å². The van der Waals surface area contributed by atoms with Gasteiger partial charge in [-0.3, -0.25) is 9.36 Å². The maximum Gasteiger partial charge on any atom is 0.268 e. The highest BCUT2D eigenvalue weighted by molar-refractivity contribution is 7.45. The zero-order valence-corrected chi connectivity index (χ0v) is 61.2. The Hall–Kier alpha value is -2.32. The predicted molar refractivity (Wildman–Crippen MR) is 394 cm³/mol. The van der Waals surface area contributed by atoms with E-state index < -0.39 is 26.6 Å². The minimum atomic E-state index is -4.62. The van der Waals surface area contributed by atoms with Gasteiger partial charge in [-0.15, -0.1) is 0 Å². The Morgan fingerprint density at radius 3 is 1.03 bits per heavy atom. The molecule has 0 spiro atoms. The average Bonchev–Trinajstić information content (AvgIpc) is 3.72. The van der Waals surface area contributed by atoms with E-state index in [1.807, 2.05) is 27.2 Å². The molecule has 3 unspecified atom stereocenters. The number of phosphoric acid groups is 1. The monoisotopic (exact) mass is 1280 g/mol. The first-order valence-electron chi connectivity index (χ1n) is 38.9. The number of nitrogens with zero attached hydrogens (tertiary/aromatic N) is 1. The maximum atomic E-state index is 13.1. The van der Waals surface area contributed by atoms with Gasteiger partial charge in [-0.25, -0.2) is 0 Å². The SMILES string of the molecule is CC/C=C\C/C=C\C/C=C\C/C=C\C/C=C\CCCCCCCCCCCCCCCCCCCCCCCCCC(=O)NC(COP(=O)([O-])OCC[N+](C)(C)C)C(O)/C=C/CC/C=C/CCCCCCCCCCCCCCCCCCCCCCCCC. The lowest BCUT2D eigenvalue weighted by molar-refractivity contribution is -0.870. The lowest BCUT2D eigenvalue weighted by atomic mass is 10.0. The Balaban J connectivity index is 3.99. The molecule has 90 heavy (non-hydrogen) atoms. The van der Waals surface area contributed by atoms with Crippen LogP contribution in [0.25, 0.3) is 0 Å². The van der Waals surface area contributed by atoms with Crippen LogP contribution in [0.2, 0.25) is 0 Å². The number of nitrogens with one attached hydrogen (secondary N) is 1. The van der Waals surface area contributed by atoms with E-state index in [1.165, 1.54) is 283 Å². The molecule has 526 valence electrons. The van der Waals surface area contributed by atoms with E-state index in [-0.39, 0.29) is 12.5 Å². The van der Waals surface area contributed by atoms with Crippen molar-refractivity contribution in [2.75, 3.05) is 40.9 Å². The number of carbonyl (C=O) groups is 1. The molecule has 0 fully saturated rings. The van der Waals surface area contributed by atoms with E-state index in [4.69, 9.17) is 9.05 Å². The van der Waals surface area contributed by atoms with E-state index in [0.29, 0.717) is 17.4 Å². The number of quaternary nitrogens is 1. The minimum absolute atomic E-state index is 0.00641. The molecule has 0 saturated carbocycles. The van der Waals surface area contributed by atoms with E-state index in [0.717, 1.165) is 70.6 Å². The van der Waals surface area contributed by atoms with Crippen molar-refractivity contribution in [3.8, 4) is 0 Å². The number of aliphatic hydroxyl groups excluding tert-OH is 1. The Bertz CT molecular complexity index is 1750. The van der Waals surface area contributed by atoms with Crippen LogP contribution in [0.15, 0.2) is 85.1 Å². The molecule has 9 heteroatoms. The van der Waals surface area contributed by atoms with Crippen molar-refractivity contribution in [2.24, 2.45) is 0 Å². The van der Waals surface area contributed by atoms with E-state index in [1.54, 1.807) is 6.08 Å². The summed E-state index contributed by atoms with van der Waals surface area (Å²) >= 11 is 0. The topological polar surface area (TPSA) is 108 Å². The molecule has 0 aromatic carbocycles. The fourth-order valence-electron chi connectivity index (χ4n) is 11.6. The second kappa shape index (κ2) is 71.0. The fourth-order valence-corrected chi connectivity index (χ4v) is 12.3. The van der Waals surface area contributed by atoms with E-state index in [2.05, 4.69) is 92.1 Å². The number of amides is 1. The number of allylic oxidation sites excluding steroid dienone is 13. The molecule has 3 atom stereocenters. The van der Waals surface area contributed by atoms with Crippen molar-refractivity contribution in [1.29, 1.82) is 0 Å². The highest BCUT2D eigenvalue weighted by Crippen LogP contribution is 2.38. The second-order valence-electron chi connectivity index (χ2n) is 27.7. The summed E-state index contributed by atoms with van der Waals surface area (Å²) in [6.07, 6.45) is 102. The summed E-state index contributed by atoms with van der Waals surface area (Å²) in [4.78, 5) is 25.7. The summed E-state index contributed by atoms with van der Waals surface area (Å²) in [5.41, 5.74) is 0. The van der Waals surface area contributed by atoms with Gasteiger partial charge in [0, 0.05) is 6.42 Å². The van der Waals surface area contributed by atoms with Gasteiger partial charge in [-0.05, 0) is 77.0 Å². The molecular weight excluding hydrogens is 1130 g/mol. The number of likely N-dealkylation sites (N-methyl/N-ethyl adjacent to an activating group) is 1. The zero-order chi connectivity index (χ0) is 65.5. The minimum Gasteiger partial charge on any atom is -0.756 e. The van der Waals surface area contributed by atoms with Gasteiger partial charge in [0.1, 0.15) is 13.2 Å². The third-order valence-electron chi connectivity index (χ3n) is 17.6. The van der Waals surface area contributed by atoms with Crippen LogP contribution in [-0.4, -0.2) is 68.5 Å². The third-order valence-corrected chi connectivity index (χ3v) is 18.6. The first-order chi connectivity index (χ1) is 44.0. The molecular formula is C81H151N2O6P. The fraction of sp³-hybridized carbons (Fsp3) is 0.815. The Morgan fingerprint density at radius 1 is 0.400 bits per heavy atom. The van der Waals surface area contributed by atoms with Crippen molar-refractivity contribution < 1.29 is 32.9 Å². The molecule has 0 rings (SSSR count). The van der Waals surface area contributed by atoms with Gasteiger partial charge in [0.25, 0.3) is 7.82 Å². The molecule has 0 aliphatic carbocycles. The number of rotatable bonds is 72. The lowest BCUT2D eigenvalue weighted by Gasteiger charge is -2.29. The number of carbonyl (C=O) groups excluding carboxylic acids is 1. The summed E-state index contributed by atoms with van der Waals surface area (Å²) in [6, 6.07) is -0.907. The normalized spacial score (nSPS) is 14.0. The number of hydrogen-bond donors (Lipinski definition) is 2. The molecule has 0 bridgehead atoms. The van der Waals surface area contributed by atoms with Gasteiger partial charge < -0.3 is 28.8 Å². The van der Waals surface area contributed by atoms with Crippen LogP contribution in [0.1, 0.15) is 373 Å². The third kappa shape index (κ3) is 73.1. The zero-order valence-electron chi connectivity index (χ0n) is 60.3. The molecule has 0 aliphatic rings. The molecule has 1 amide bonds. The molecule has 8 nitrogen and oxygen atoms in total. The largest absolute Gasteiger partial charge is 0.756 e. The smallest absolute Gasteiger partial charge is 0.268 e. The molecule has 2 N–H and O–H groups in total. The standard InChI is InChI=1S/C81H151N2O6P/c1-6-8-10-12-14-16-18-20-22-24-26-28-30-32-34-36-37-38-39-40-41-42-43-44-45-47-49-51-53-55-57-59-61-63-65-67-69-71-73-75-81(85)82-79(78-89-90(86,87)88-77-76-83(3,4)5)80(84)74-72-70-68-66-64-62-60-58-56-54-52-50-48-46-35-33-31-29-27-25-23-21-19-17-15-13-11-9-7-2/h8,10,14,16,20,22,26,28,32,34,64,66,72,74,79-80,84H,6-7,9,11-13,15,17-19,21,23-25,27,29-31,33,35-63,65,67-71,73,75-78H2,1-5H3,(H-,82,85,86,87)/b10-8-,16-14-,22-20-,28-26-,34-32-,66-64+,74-72+. The highest BCUT2D eigenvalue weighted by atomic mass is 31.2. The van der Waals surface area contributed by atoms with Crippen LogP contribution >= 0.6 is 7.82 Å². The molecule has 0 saturated heterocycles. The molecule has 0 aliphatic heterocycles. The Kier molecular flexibility index (Phi) is 69.2. The van der Waals surface area contributed by atoms with Gasteiger partial charge in [0.2, 0.25) is 5.91 Å². The molecule has 0 aromatic rings. The van der Waals surface area contributed by atoms with Crippen LogP contribution in [0, 0.1) is 0 Å². The van der Waals surface area contributed by atoms with Crippen molar-refractivity contribution in [3.05, 3.63) is 85.1 Å². The van der Waals surface area contributed by atoms with Gasteiger partial charge in [-0.2, -0.15) is 0 Å². The second-order valence-corrected chi connectivity index (χ2v) is 29.1. The first-order valence-corrected chi connectivity index (χ1v) is 40.4. The molecule has 0 aromatic heterocycles. The summed E-state index contributed by atoms with van der Waals surface area (Å²) in [6.45, 7) is 4.56. The Morgan fingerprint density at radius 2 is 0.689 bits per heavy atom. The quantitative estimate of drug-likeness (QED) is 0.0272. The van der Waals surface area contributed by atoms with Crippen LogP contribution in [0.5, 0.6) is 0 Å². The van der Waals surface area contributed by atoms with Crippen molar-refractivity contribution in [2.45, 2.75) is 386 Å². The van der Waals surface area contributed by atoms with Crippen LogP contribution < -0.4 is 10.2 Å². The lowest BCUT2D eigenvalue weighted by Crippen LogP contribution is -2.45. The van der Waals surface area contributed by atoms with Gasteiger partial charge >= 0.3 is 0 Å². The van der Waals surface area contributed by atoms with Gasteiger partial charge in [0.05, 0.1) is 39.9 Å². The highest BCUT2D eigenvalue weighted by Gasteiger charge is 2.23. The maximum absolute atomic E-state index is 13.1. The van der Waals surface area contributed by atoms with Crippen LogP contribution in [0.3, 0.4) is 0 Å². The Labute approximate surface area is 560 Å². The number of hydrogen-bond acceptors (Lipinski definition) is 6. The van der Waals surface area contributed by atoms with Crippen molar-refractivity contribution in [1.82, 2.24) is 5.32 Å². The number of aliphatic hydroxyl groups is 1. The summed E-state index contributed by atoms with van der Waals surface area (Å²) in [5, 5.41) is 14.0. The van der Waals surface area contributed by atoms with Gasteiger partial charge in [0.15, 0.2) is 0 Å². The van der Waals surface area contributed by atoms with Crippen molar-refractivity contribution >= 4 is 13.7 Å². The molecule has 0 radical (unpaired) electrons. The average molecular weight is 1280 g/mol. The number of unbranched alkanes of at least 4 members (excludes halogenated alkanes) is 47. The summed E-state index contributed by atoms with van der Waals surface area (Å²) in [7, 11) is 1.26. The summed E-state index contributed by atoms with van der Waals surface area (Å²) in [5.74, 6) is -0.201. The van der Waals surface area contributed by atoms with E-state index in [9.17, 15) is 19.4 Å².